The van der Waals surface area contributed by atoms with E-state index in [2.05, 4.69) is 13.0 Å². The van der Waals surface area contributed by atoms with E-state index in [9.17, 15) is 4.39 Å². The predicted molar refractivity (Wildman–Crippen MR) is 62.5 cm³/mol. The maximum Gasteiger partial charge on any atom is 0.118 e. The third-order valence-electron chi connectivity index (χ3n) is 4.32. The summed E-state index contributed by atoms with van der Waals surface area (Å²) in [4.78, 5) is 0. The molecule has 0 spiro atoms. The van der Waals surface area contributed by atoms with Gasteiger partial charge in [0.05, 0.1) is 0 Å². The zero-order valence-electron chi connectivity index (χ0n) is 9.79. The first-order chi connectivity index (χ1) is 7.25. The topological polar surface area (TPSA) is 0 Å². The zero-order valence-corrected chi connectivity index (χ0v) is 9.79. The summed E-state index contributed by atoms with van der Waals surface area (Å²) in [6.07, 6.45) is 11.7. The Balaban J connectivity index is 1.85. The lowest BCUT2D eigenvalue weighted by Gasteiger charge is -2.32. The first-order valence-electron chi connectivity index (χ1n) is 6.56. The lowest BCUT2D eigenvalue weighted by Crippen LogP contribution is -2.20. The maximum absolute atomic E-state index is 13.2. The quantitative estimate of drug-likeness (QED) is 0.559. The van der Waals surface area contributed by atoms with Gasteiger partial charge < -0.3 is 0 Å². The highest BCUT2D eigenvalue weighted by Gasteiger charge is 2.26. The first-order valence-corrected chi connectivity index (χ1v) is 6.56. The van der Waals surface area contributed by atoms with E-state index in [1.807, 2.05) is 0 Å². The molecule has 1 saturated carbocycles. The van der Waals surface area contributed by atoms with Crippen LogP contribution in [0.2, 0.25) is 0 Å². The summed E-state index contributed by atoms with van der Waals surface area (Å²) >= 11 is 0. The molecule has 0 heterocycles. The third kappa shape index (κ3) is 3.06. The van der Waals surface area contributed by atoms with Crippen molar-refractivity contribution in [3.05, 3.63) is 12.2 Å². The van der Waals surface area contributed by atoms with E-state index < -0.39 is 6.17 Å². The summed E-state index contributed by atoms with van der Waals surface area (Å²) in [5.74, 6) is 2.59. The molecule has 2 aliphatic carbocycles. The minimum Gasteiger partial charge on any atom is -0.243 e. The second-order valence-electron chi connectivity index (χ2n) is 5.54. The van der Waals surface area contributed by atoms with Gasteiger partial charge in [-0.3, -0.25) is 0 Å². The maximum atomic E-state index is 13.2. The average Bonchev–Trinajstić information content (AvgIpc) is 2.44. The van der Waals surface area contributed by atoms with Crippen LogP contribution in [0.15, 0.2) is 12.2 Å². The molecule has 0 saturated heterocycles. The monoisotopic (exact) mass is 210 g/mol. The van der Waals surface area contributed by atoms with Gasteiger partial charge >= 0.3 is 0 Å². The first kappa shape index (κ1) is 11.2. The highest BCUT2D eigenvalue weighted by atomic mass is 19.1. The van der Waals surface area contributed by atoms with E-state index in [0.29, 0.717) is 0 Å². The summed E-state index contributed by atoms with van der Waals surface area (Å²) in [6, 6.07) is 0. The average molecular weight is 210 g/mol. The molecule has 0 aromatic rings. The van der Waals surface area contributed by atoms with E-state index in [1.165, 1.54) is 25.7 Å². The summed E-state index contributed by atoms with van der Waals surface area (Å²) in [6.45, 7) is 2.36. The van der Waals surface area contributed by atoms with Gasteiger partial charge in [0.1, 0.15) is 6.17 Å². The van der Waals surface area contributed by atoms with Crippen LogP contribution in [0.5, 0.6) is 0 Å². The number of halogens is 1. The Morgan fingerprint density at radius 1 is 0.933 bits per heavy atom. The van der Waals surface area contributed by atoms with E-state index >= 15 is 0 Å². The van der Waals surface area contributed by atoms with Crippen LogP contribution in [-0.2, 0) is 0 Å². The molecule has 1 heteroatoms. The second kappa shape index (κ2) is 5.14. The fraction of sp³-hybridized carbons (Fsp3) is 0.857. The van der Waals surface area contributed by atoms with Crippen molar-refractivity contribution in [2.45, 2.75) is 58.0 Å². The number of hydrogen-bond donors (Lipinski definition) is 0. The molecule has 2 rings (SSSR count). The molecule has 1 fully saturated rings. The molecule has 2 unspecified atom stereocenters. The van der Waals surface area contributed by atoms with E-state index in [0.717, 1.165) is 37.0 Å². The lowest BCUT2D eigenvalue weighted by atomic mass is 9.74. The Kier molecular flexibility index (Phi) is 3.82. The van der Waals surface area contributed by atoms with Gasteiger partial charge in [-0.2, -0.15) is 0 Å². The van der Waals surface area contributed by atoms with Crippen LogP contribution in [0.1, 0.15) is 51.9 Å². The molecule has 15 heavy (non-hydrogen) atoms. The number of rotatable bonds is 1. The lowest BCUT2D eigenvalue weighted by molar-refractivity contribution is 0.197. The van der Waals surface area contributed by atoms with Crippen LogP contribution in [-0.4, -0.2) is 6.17 Å². The zero-order chi connectivity index (χ0) is 10.7. The fourth-order valence-electron chi connectivity index (χ4n) is 3.17. The number of allylic oxidation sites excluding steroid dienone is 2. The van der Waals surface area contributed by atoms with Gasteiger partial charge in [-0.05, 0) is 49.9 Å². The van der Waals surface area contributed by atoms with Crippen molar-refractivity contribution in [3.8, 4) is 0 Å². The Morgan fingerprint density at radius 2 is 1.60 bits per heavy atom. The van der Waals surface area contributed by atoms with Crippen molar-refractivity contribution in [3.63, 3.8) is 0 Å². The Bertz CT molecular complexity index is 213. The minimum atomic E-state index is -0.669. The molecule has 0 aromatic heterocycles. The van der Waals surface area contributed by atoms with E-state index in [-0.39, 0.29) is 0 Å². The van der Waals surface area contributed by atoms with Crippen LogP contribution in [0.25, 0.3) is 0 Å². The molecule has 2 aliphatic rings. The minimum absolute atomic E-state index is 0.669. The van der Waals surface area contributed by atoms with Crippen molar-refractivity contribution in [2.75, 3.05) is 0 Å². The van der Waals surface area contributed by atoms with Gasteiger partial charge in [-0.1, -0.05) is 31.9 Å². The smallest absolute Gasteiger partial charge is 0.118 e. The second-order valence-corrected chi connectivity index (χ2v) is 5.54. The molecular weight excluding hydrogens is 187 g/mol. The number of alkyl halides is 1. The van der Waals surface area contributed by atoms with Crippen LogP contribution in [0.4, 0.5) is 4.39 Å². The van der Waals surface area contributed by atoms with Gasteiger partial charge in [-0.25, -0.2) is 4.39 Å². The largest absolute Gasteiger partial charge is 0.243 e. The third-order valence-corrected chi connectivity index (χ3v) is 4.32. The molecule has 2 atom stereocenters. The van der Waals surface area contributed by atoms with Gasteiger partial charge in [0, 0.05) is 0 Å². The number of hydrogen-bond acceptors (Lipinski definition) is 0. The summed E-state index contributed by atoms with van der Waals surface area (Å²) in [7, 11) is 0. The Morgan fingerprint density at radius 3 is 2.33 bits per heavy atom. The summed E-state index contributed by atoms with van der Waals surface area (Å²) in [5.41, 5.74) is 0. The van der Waals surface area contributed by atoms with Crippen molar-refractivity contribution in [1.82, 2.24) is 0 Å². The molecule has 0 bridgehead atoms. The predicted octanol–water partition coefficient (Wildman–Crippen LogP) is 4.51. The fourth-order valence-corrected chi connectivity index (χ4v) is 3.17. The molecule has 0 N–H and O–H groups in total. The van der Waals surface area contributed by atoms with Crippen LogP contribution < -0.4 is 0 Å². The van der Waals surface area contributed by atoms with Gasteiger partial charge in [0.2, 0.25) is 0 Å². The molecule has 0 amide bonds. The highest BCUT2D eigenvalue weighted by Crippen LogP contribution is 2.38. The SMILES string of the molecule is CC1CCC(C2CC=CC(F)CC2)CC1. The molecule has 0 aliphatic heterocycles. The van der Waals surface area contributed by atoms with Crippen LogP contribution in [0, 0.1) is 17.8 Å². The normalized spacial score (nSPS) is 42.5. The molecular formula is C14H23F. The Labute approximate surface area is 92.9 Å². The van der Waals surface area contributed by atoms with Gasteiger partial charge in [0.25, 0.3) is 0 Å². The van der Waals surface area contributed by atoms with Crippen molar-refractivity contribution in [1.29, 1.82) is 0 Å². The Hall–Kier alpha value is -0.330. The van der Waals surface area contributed by atoms with Gasteiger partial charge in [0.15, 0.2) is 0 Å². The van der Waals surface area contributed by atoms with E-state index in [4.69, 9.17) is 0 Å². The van der Waals surface area contributed by atoms with E-state index in [1.54, 1.807) is 6.08 Å². The summed E-state index contributed by atoms with van der Waals surface area (Å²) < 4.78 is 13.2. The van der Waals surface area contributed by atoms with Gasteiger partial charge in [-0.15, -0.1) is 0 Å². The molecule has 86 valence electrons. The standard InChI is InChI=1S/C14H23F/c1-11-5-7-13(8-6-11)12-3-2-4-14(15)10-9-12/h2,4,11-14H,3,5-10H2,1H3. The molecule has 0 radical (unpaired) electrons. The highest BCUT2D eigenvalue weighted by molar-refractivity contribution is 4.95. The summed E-state index contributed by atoms with van der Waals surface area (Å²) in [5, 5.41) is 0. The van der Waals surface area contributed by atoms with Crippen molar-refractivity contribution in [2.24, 2.45) is 17.8 Å². The molecule has 0 nitrogen and oxygen atoms in total. The van der Waals surface area contributed by atoms with Crippen molar-refractivity contribution >= 4 is 0 Å². The van der Waals surface area contributed by atoms with Crippen molar-refractivity contribution < 1.29 is 4.39 Å². The molecule has 0 aromatic carbocycles. The van der Waals surface area contributed by atoms with Crippen LogP contribution in [0.3, 0.4) is 0 Å². The van der Waals surface area contributed by atoms with Crippen LogP contribution >= 0.6 is 0 Å².